The second-order valence-corrected chi connectivity index (χ2v) is 4.80. The fourth-order valence-electron chi connectivity index (χ4n) is 1.89. The van der Waals surface area contributed by atoms with Crippen LogP contribution >= 0.6 is 0 Å². The number of nitrogens with zero attached hydrogens (tertiary/aromatic N) is 3. The molecule has 20 heavy (non-hydrogen) atoms. The lowest BCUT2D eigenvalue weighted by Crippen LogP contribution is -2.20. The van der Waals surface area contributed by atoms with Gasteiger partial charge in [-0.1, -0.05) is 0 Å². The fraction of sp³-hybridized carbons (Fsp3) is 0.286. The molecule has 1 aromatic heterocycles. The van der Waals surface area contributed by atoms with Gasteiger partial charge in [-0.2, -0.15) is 5.10 Å². The van der Waals surface area contributed by atoms with E-state index in [0.29, 0.717) is 35.5 Å². The van der Waals surface area contributed by atoms with Crippen molar-refractivity contribution in [3.05, 3.63) is 35.6 Å². The van der Waals surface area contributed by atoms with E-state index in [9.17, 15) is 9.18 Å². The SMILES string of the molecule is CN(C)CCn1nc(-c2ccc(F)cc2)c(C=O)c1N. The Bertz CT molecular complexity index is 604. The van der Waals surface area contributed by atoms with Crippen LogP contribution < -0.4 is 5.73 Å². The molecule has 5 nitrogen and oxygen atoms in total. The quantitative estimate of drug-likeness (QED) is 0.843. The number of hydrogen-bond acceptors (Lipinski definition) is 4. The Morgan fingerprint density at radius 2 is 2.00 bits per heavy atom. The number of likely N-dealkylation sites (N-methyl/N-ethyl adjacent to an activating group) is 1. The van der Waals surface area contributed by atoms with Crippen molar-refractivity contribution < 1.29 is 9.18 Å². The highest BCUT2D eigenvalue weighted by Gasteiger charge is 2.16. The van der Waals surface area contributed by atoms with Gasteiger partial charge >= 0.3 is 0 Å². The Labute approximate surface area is 116 Å². The molecule has 1 aromatic carbocycles. The zero-order valence-electron chi connectivity index (χ0n) is 11.5. The monoisotopic (exact) mass is 276 g/mol. The van der Waals surface area contributed by atoms with Gasteiger partial charge in [0.2, 0.25) is 0 Å². The minimum absolute atomic E-state index is 0.332. The lowest BCUT2D eigenvalue weighted by atomic mass is 10.1. The molecule has 106 valence electrons. The zero-order valence-corrected chi connectivity index (χ0v) is 11.5. The summed E-state index contributed by atoms with van der Waals surface area (Å²) in [5.41, 5.74) is 7.44. The lowest BCUT2D eigenvalue weighted by molar-refractivity contribution is 0.112. The van der Waals surface area contributed by atoms with E-state index >= 15 is 0 Å². The molecule has 2 N–H and O–H groups in total. The van der Waals surface area contributed by atoms with E-state index in [1.165, 1.54) is 12.1 Å². The first kappa shape index (κ1) is 14.2. The van der Waals surface area contributed by atoms with Crippen molar-refractivity contribution >= 4 is 12.1 Å². The highest BCUT2D eigenvalue weighted by Crippen LogP contribution is 2.25. The van der Waals surface area contributed by atoms with Gasteiger partial charge in [0.15, 0.2) is 6.29 Å². The van der Waals surface area contributed by atoms with Gasteiger partial charge in [-0.15, -0.1) is 0 Å². The molecule has 0 bridgehead atoms. The first-order valence-electron chi connectivity index (χ1n) is 6.25. The minimum atomic E-state index is -0.332. The summed E-state index contributed by atoms with van der Waals surface area (Å²) in [7, 11) is 3.89. The average molecular weight is 276 g/mol. The third kappa shape index (κ3) is 2.85. The molecule has 0 saturated carbocycles. The van der Waals surface area contributed by atoms with E-state index in [2.05, 4.69) is 5.10 Å². The maximum Gasteiger partial charge on any atom is 0.156 e. The summed E-state index contributed by atoms with van der Waals surface area (Å²) in [4.78, 5) is 13.2. The first-order valence-corrected chi connectivity index (χ1v) is 6.25. The predicted octanol–water partition coefficient (Wildman–Crippen LogP) is 1.65. The van der Waals surface area contributed by atoms with E-state index in [1.54, 1.807) is 16.8 Å². The average Bonchev–Trinajstić information content (AvgIpc) is 2.73. The van der Waals surface area contributed by atoms with Crippen molar-refractivity contribution in [2.75, 3.05) is 26.4 Å². The van der Waals surface area contributed by atoms with Crippen molar-refractivity contribution in [2.24, 2.45) is 0 Å². The number of aldehydes is 1. The van der Waals surface area contributed by atoms with Crippen molar-refractivity contribution in [1.82, 2.24) is 14.7 Å². The van der Waals surface area contributed by atoms with Crippen molar-refractivity contribution in [1.29, 1.82) is 0 Å². The molecule has 0 radical (unpaired) electrons. The number of nitrogens with two attached hydrogens (primary N) is 1. The maximum absolute atomic E-state index is 13.0. The molecule has 0 fully saturated rings. The standard InChI is InChI=1S/C14H17FN4O/c1-18(2)7-8-19-14(16)12(9-20)13(17-19)10-3-5-11(15)6-4-10/h3-6,9H,7-8,16H2,1-2H3. The fourth-order valence-corrected chi connectivity index (χ4v) is 1.89. The van der Waals surface area contributed by atoms with E-state index in [4.69, 9.17) is 5.73 Å². The van der Waals surface area contributed by atoms with E-state index in [-0.39, 0.29) is 5.82 Å². The first-order chi connectivity index (χ1) is 9.52. The van der Waals surface area contributed by atoms with Crippen LogP contribution in [0.2, 0.25) is 0 Å². The molecule has 0 aliphatic carbocycles. The molecule has 6 heteroatoms. The Hall–Kier alpha value is -2.21. The molecule has 0 amide bonds. The molecule has 0 spiro atoms. The highest BCUT2D eigenvalue weighted by atomic mass is 19.1. The molecule has 0 unspecified atom stereocenters. The number of halogens is 1. The summed E-state index contributed by atoms with van der Waals surface area (Å²) in [6.07, 6.45) is 0.688. The topological polar surface area (TPSA) is 64.2 Å². The number of benzene rings is 1. The Kier molecular flexibility index (Phi) is 4.14. The highest BCUT2D eigenvalue weighted by molar-refractivity contribution is 5.91. The normalized spacial score (nSPS) is 11.0. The predicted molar refractivity (Wildman–Crippen MR) is 76.0 cm³/mol. The summed E-state index contributed by atoms with van der Waals surface area (Å²) >= 11 is 0. The third-order valence-corrected chi connectivity index (χ3v) is 3.02. The second kappa shape index (κ2) is 5.83. The van der Waals surface area contributed by atoms with Crippen LogP contribution in [-0.2, 0) is 6.54 Å². The molecule has 2 aromatic rings. The maximum atomic E-state index is 13.0. The molecular weight excluding hydrogens is 259 g/mol. The van der Waals surface area contributed by atoms with Gasteiger partial charge in [0.05, 0.1) is 12.1 Å². The number of hydrogen-bond donors (Lipinski definition) is 1. The number of carbonyl (C=O) groups is 1. The summed E-state index contributed by atoms with van der Waals surface area (Å²) in [5, 5.41) is 4.36. The van der Waals surface area contributed by atoms with Gasteiger partial charge in [-0.05, 0) is 38.4 Å². The van der Waals surface area contributed by atoms with E-state index in [0.717, 1.165) is 6.54 Å². The Morgan fingerprint density at radius 1 is 1.35 bits per heavy atom. The summed E-state index contributed by atoms with van der Waals surface area (Å²) in [6.45, 7) is 1.34. The number of aromatic nitrogens is 2. The smallest absolute Gasteiger partial charge is 0.156 e. The molecule has 0 aliphatic rings. The Morgan fingerprint density at radius 3 is 2.55 bits per heavy atom. The Balaban J connectivity index is 2.40. The summed E-state index contributed by atoms with van der Waals surface area (Å²) < 4.78 is 14.6. The van der Waals surface area contributed by atoms with Gasteiger partial charge in [0.25, 0.3) is 0 Å². The van der Waals surface area contributed by atoms with Crippen LogP contribution in [0.1, 0.15) is 10.4 Å². The van der Waals surface area contributed by atoms with Crippen LogP contribution in [0.15, 0.2) is 24.3 Å². The summed E-state index contributed by atoms with van der Waals surface area (Å²) in [5.74, 6) is 0.00240. The zero-order chi connectivity index (χ0) is 14.7. The van der Waals surface area contributed by atoms with Gasteiger partial charge in [-0.3, -0.25) is 4.79 Å². The van der Waals surface area contributed by atoms with Crippen LogP contribution in [-0.4, -0.2) is 41.6 Å². The largest absolute Gasteiger partial charge is 0.383 e. The molecular formula is C14H17FN4O. The van der Waals surface area contributed by atoms with E-state index in [1.807, 2.05) is 19.0 Å². The number of nitrogen functional groups attached to an aromatic ring is 1. The number of anilines is 1. The summed E-state index contributed by atoms with van der Waals surface area (Å²) in [6, 6.07) is 5.83. The minimum Gasteiger partial charge on any atom is -0.383 e. The van der Waals surface area contributed by atoms with Crippen molar-refractivity contribution in [2.45, 2.75) is 6.54 Å². The van der Waals surface area contributed by atoms with Crippen LogP contribution in [0.3, 0.4) is 0 Å². The molecule has 1 heterocycles. The van der Waals surface area contributed by atoms with Crippen LogP contribution in [0.5, 0.6) is 0 Å². The number of carbonyl (C=O) groups excluding carboxylic acids is 1. The van der Waals surface area contributed by atoms with Crippen LogP contribution in [0.25, 0.3) is 11.3 Å². The van der Waals surface area contributed by atoms with Crippen molar-refractivity contribution in [3.63, 3.8) is 0 Å². The van der Waals surface area contributed by atoms with E-state index < -0.39 is 0 Å². The van der Waals surface area contributed by atoms with Gasteiger partial charge < -0.3 is 10.6 Å². The van der Waals surface area contributed by atoms with Crippen molar-refractivity contribution in [3.8, 4) is 11.3 Å². The van der Waals surface area contributed by atoms with Gasteiger partial charge in [0, 0.05) is 12.1 Å². The lowest BCUT2D eigenvalue weighted by Gasteiger charge is -2.10. The van der Waals surface area contributed by atoms with Crippen LogP contribution in [0.4, 0.5) is 10.2 Å². The van der Waals surface area contributed by atoms with Gasteiger partial charge in [-0.25, -0.2) is 9.07 Å². The molecule has 0 saturated heterocycles. The third-order valence-electron chi connectivity index (χ3n) is 3.02. The van der Waals surface area contributed by atoms with Gasteiger partial charge in [0.1, 0.15) is 17.3 Å². The number of rotatable bonds is 5. The second-order valence-electron chi connectivity index (χ2n) is 4.80. The molecule has 2 rings (SSSR count). The van der Waals surface area contributed by atoms with Crippen LogP contribution in [0, 0.1) is 5.82 Å². The molecule has 0 atom stereocenters. The molecule has 0 aliphatic heterocycles.